The standard InChI is InChI=1S/C9H9N3O/c1-7-6-9(13)12(11-7)8-2-4-10-5-3-8/h2-5H,6H2,1H3. The van der Waals surface area contributed by atoms with Gasteiger partial charge in [0.1, 0.15) is 0 Å². The molecule has 0 fully saturated rings. The van der Waals surface area contributed by atoms with Crippen molar-refractivity contribution in [1.29, 1.82) is 0 Å². The van der Waals surface area contributed by atoms with E-state index in [4.69, 9.17) is 0 Å². The Hall–Kier alpha value is -1.71. The van der Waals surface area contributed by atoms with E-state index in [9.17, 15) is 4.79 Å². The van der Waals surface area contributed by atoms with Crippen molar-refractivity contribution in [3.8, 4) is 0 Å². The van der Waals surface area contributed by atoms with E-state index in [-0.39, 0.29) is 5.91 Å². The van der Waals surface area contributed by atoms with Gasteiger partial charge in [-0.05, 0) is 19.1 Å². The van der Waals surface area contributed by atoms with Gasteiger partial charge >= 0.3 is 0 Å². The van der Waals surface area contributed by atoms with Gasteiger partial charge in [0, 0.05) is 18.1 Å². The van der Waals surface area contributed by atoms with E-state index in [1.54, 1.807) is 24.5 Å². The molecule has 0 aromatic carbocycles. The van der Waals surface area contributed by atoms with Gasteiger partial charge < -0.3 is 0 Å². The third-order valence-corrected chi connectivity index (χ3v) is 1.82. The van der Waals surface area contributed by atoms with Crippen LogP contribution in [0.3, 0.4) is 0 Å². The fourth-order valence-corrected chi connectivity index (χ4v) is 1.24. The zero-order chi connectivity index (χ0) is 9.26. The van der Waals surface area contributed by atoms with Gasteiger partial charge in [0.05, 0.1) is 12.1 Å². The average molecular weight is 175 g/mol. The van der Waals surface area contributed by atoms with Crippen LogP contribution >= 0.6 is 0 Å². The molecule has 1 aliphatic rings. The molecule has 0 atom stereocenters. The minimum Gasteiger partial charge on any atom is -0.272 e. The third kappa shape index (κ3) is 1.42. The van der Waals surface area contributed by atoms with E-state index in [0.717, 1.165) is 11.4 Å². The Balaban J connectivity index is 2.33. The van der Waals surface area contributed by atoms with E-state index in [0.29, 0.717) is 6.42 Å². The summed E-state index contributed by atoms with van der Waals surface area (Å²) < 4.78 is 0. The van der Waals surface area contributed by atoms with Gasteiger partial charge in [0.2, 0.25) is 0 Å². The second-order valence-corrected chi connectivity index (χ2v) is 2.92. The number of nitrogens with zero attached hydrogens (tertiary/aromatic N) is 3. The first-order valence-corrected chi connectivity index (χ1v) is 4.04. The number of rotatable bonds is 1. The van der Waals surface area contributed by atoms with Gasteiger partial charge in [0.15, 0.2) is 0 Å². The molecule has 1 aliphatic heterocycles. The van der Waals surface area contributed by atoms with Crippen LogP contribution in [-0.4, -0.2) is 16.6 Å². The number of hydrogen-bond acceptors (Lipinski definition) is 3. The molecule has 0 radical (unpaired) electrons. The number of amides is 1. The number of hydrogen-bond donors (Lipinski definition) is 0. The van der Waals surface area contributed by atoms with Crippen LogP contribution in [0.5, 0.6) is 0 Å². The number of carbonyl (C=O) groups is 1. The van der Waals surface area contributed by atoms with Gasteiger partial charge in [-0.2, -0.15) is 5.10 Å². The third-order valence-electron chi connectivity index (χ3n) is 1.82. The van der Waals surface area contributed by atoms with Crippen LogP contribution in [0.4, 0.5) is 5.69 Å². The van der Waals surface area contributed by atoms with E-state index < -0.39 is 0 Å². The van der Waals surface area contributed by atoms with Gasteiger partial charge in [-0.15, -0.1) is 0 Å². The van der Waals surface area contributed by atoms with Crippen LogP contribution in [0, 0.1) is 0 Å². The lowest BCUT2D eigenvalue weighted by molar-refractivity contribution is -0.116. The average Bonchev–Trinajstić information content (AvgIpc) is 2.47. The summed E-state index contributed by atoms with van der Waals surface area (Å²) in [6.07, 6.45) is 3.71. The molecule has 1 aromatic rings. The summed E-state index contributed by atoms with van der Waals surface area (Å²) in [6, 6.07) is 3.53. The molecule has 2 rings (SSSR count). The van der Waals surface area contributed by atoms with Crippen molar-refractivity contribution in [2.45, 2.75) is 13.3 Å². The maximum absolute atomic E-state index is 11.4. The molecule has 0 N–H and O–H groups in total. The minimum absolute atomic E-state index is 0.0173. The summed E-state index contributed by atoms with van der Waals surface area (Å²) in [7, 11) is 0. The normalized spacial score (nSPS) is 16.2. The molecule has 13 heavy (non-hydrogen) atoms. The monoisotopic (exact) mass is 175 g/mol. The van der Waals surface area contributed by atoms with Crippen molar-refractivity contribution < 1.29 is 4.79 Å². The van der Waals surface area contributed by atoms with Gasteiger partial charge in [-0.3, -0.25) is 9.78 Å². The summed E-state index contributed by atoms with van der Waals surface area (Å²) in [5, 5.41) is 5.53. The molecule has 4 heteroatoms. The molecule has 0 aliphatic carbocycles. The molecule has 1 amide bonds. The van der Waals surface area contributed by atoms with Gasteiger partial charge in [0.25, 0.3) is 5.91 Å². The Morgan fingerprint density at radius 2 is 2.08 bits per heavy atom. The maximum atomic E-state index is 11.4. The van der Waals surface area contributed by atoms with Crippen LogP contribution in [0.25, 0.3) is 0 Å². The van der Waals surface area contributed by atoms with Gasteiger partial charge in [-0.1, -0.05) is 0 Å². The first-order valence-electron chi connectivity index (χ1n) is 4.04. The number of pyridine rings is 1. The fourth-order valence-electron chi connectivity index (χ4n) is 1.24. The topological polar surface area (TPSA) is 45.6 Å². The lowest BCUT2D eigenvalue weighted by Crippen LogP contribution is -2.19. The highest BCUT2D eigenvalue weighted by atomic mass is 16.2. The highest BCUT2D eigenvalue weighted by molar-refractivity contribution is 6.12. The van der Waals surface area contributed by atoms with Crippen LogP contribution in [0.2, 0.25) is 0 Å². The predicted octanol–water partition coefficient (Wildman–Crippen LogP) is 1.19. The van der Waals surface area contributed by atoms with Crippen LogP contribution in [0.1, 0.15) is 13.3 Å². The first-order chi connectivity index (χ1) is 6.27. The zero-order valence-corrected chi connectivity index (χ0v) is 7.27. The van der Waals surface area contributed by atoms with Crippen molar-refractivity contribution >= 4 is 17.3 Å². The molecule has 0 saturated carbocycles. The Morgan fingerprint density at radius 1 is 1.38 bits per heavy atom. The highest BCUT2D eigenvalue weighted by Crippen LogP contribution is 2.18. The Kier molecular flexibility index (Phi) is 1.81. The minimum atomic E-state index is 0.0173. The van der Waals surface area contributed by atoms with Crippen molar-refractivity contribution in [2.75, 3.05) is 5.01 Å². The zero-order valence-electron chi connectivity index (χ0n) is 7.27. The molecule has 66 valence electrons. The molecule has 0 saturated heterocycles. The summed E-state index contributed by atoms with van der Waals surface area (Å²) in [5.74, 6) is 0.0173. The van der Waals surface area contributed by atoms with Crippen LogP contribution < -0.4 is 5.01 Å². The predicted molar refractivity (Wildman–Crippen MR) is 49.4 cm³/mol. The lowest BCUT2D eigenvalue weighted by atomic mass is 10.3. The summed E-state index contributed by atoms with van der Waals surface area (Å²) in [5.41, 5.74) is 1.62. The summed E-state index contributed by atoms with van der Waals surface area (Å²) in [6.45, 7) is 1.85. The molecule has 2 heterocycles. The van der Waals surface area contributed by atoms with Gasteiger partial charge in [-0.25, -0.2) is 5.01 Å². The van der Waals surface area contributed by atoms with Crippen molar-refractivity contribution in [3.05, 3.63) is 24.5 Å². The van der Waals surface area contributed by atoms with E-state index in [1.807, 2.05) is 6.92 Å². The molecule has 1 aromatic heterocycles. The largest absolute Gasteiger partial charge is 0.272 e. The molecular formula is C9H9N3O. The number of anilines is 1. The molecule has 0 unspecified atom stereocenters. The van der Waals surface area contributed by atoms with E-state index in [2.05, 4.69) is 10.1 Å². The fraction of sp³-hybridized carbons (Fsp3) is 0.222. The first kappa shape index (κ1) is 7.91. The molecular weight excluding hydrogens is 166 g/mol. The SMILES string of the molecule is CC1=NN(c2ccncc2)C(=O)C1. The lowest BCUT2D eigenvalue weighted by Gasteiger charge is -2.10. The summed E-state index contributed by atoms with van der Waals surface area (Å²) >= 11 is 0. The second kappa shape index (κ2) is 2.97. The molecule has 0 spiro atoms. The number of carbonyl (C=O) groups excluding carboxylic acids is 1. The quantitative estimate of drug-likeness (QED) is 0.643. The Morgan fingerprint density at radius 3 is 2.62 bits per heavy atom. The number of hydrazone groups is 1. The van der Waals surface area contributed by atoms with Crippen LogP contribution in [-0.2, 0) is 4.79 Å². The van der Waals surface area contributed by atoms with E-state index in [1.165, 1.54) is 5.01 Å². The highest BCUT2D eigenvalue weighted by Gasteiger charge is 2.21. The van der Waals surface area contributed by atoms with E-state index >= 15 is 0 Å². The Labute approximate surface area is 75.9 Å². The summed E-state index contributed by atoms with van der Waals surface area (Å²) in [4.78, 5) is 15.3. The maximum Gasteiger partial charge on any atom is 0.253 e. The molecule has 0 bridgehead atoms. The van der Waals surface area contributed by atoms with Crippen molar-refractivity contribution in [2.24, 2.45) is 5.10 Å². The smallest absolute Gasteiger partial charge is 0.253 e. The number of aromatic nitrogens is 1. The second-order valence-electron chi connectivity index (χ2n) is 2.92. The van der Waals surface area contributed by atoms with Crippen molar-refractivity contribution in [1.82, 2.24) is 4.98 Å². The van der Waals surface area contributed by atoms with Crippen LogP contribution in [0.15, 0.2) is 29.6 Å². The molecule has 4 nitrogen and oxygen atoms in total. The Bertz CT molecular complexity index is 358. The van der Waals surface area contributed by atoms with Crippen molar-refractivity contribution in [3.63, 3.8) is 0 Å².